The average Bonchev–Trinajstić information content (AvgIpc) is 3.32. The third-order valence-corrected chi connectivity index (χ3v) is 6.13. The van der Waals surface area contributed by atoms with Crippen molar-refractivity contribution in [1.82, 2.24) is 29.8 Å². The number of unbranched alkanes of at least 4 members (excludes halogenated alkanes) is 1. The van der Waals surface area contributed by atoms with Crippen LogP contribution in [0.4, 0.5) is 11.5 Å². The van der Waals surface area contributed by atoms with Gasteiger partial charge in [-0.05, 0) is 88.5 Å². The highest BCUT2D eigenvalue weighted by Crippen LogP contribution is 2.26. The molecule has 1 aliphatic heterocycles. The molecule has 0 saturated heterocycles. The zero-order valence-corrected chi connectivity index (χ0v) is 20.7. The standard InChI is InChI=1S/C27H37N7/c1-4-16-33(17-5-2)18-7-6-11-22-20-28-15-14-23(22)30-27-25-13-9-19-34(25)32-26(31-27)24-12-8-10-21(3)29-24/h8-10,12-15,19-20,24,29H,4-7,11,16-18H2,1-3H3,(H,28,30,31,32). The van der Waals surface area contributed by atoms with E-state index < -0.39 is 0 Å². The third kappa shape index (κ3) is 6.03. The van der Waals surface area contributed by atoms with Crippen LogP contribution in [0.1, 0.15) is 63.9 Å². The van der Waals surface area contributed by atoms with E-state index in [4.69, 9.17) is 10.1 Å². The van der Waals surface area contributed by atoms with E-state index in [9.17, 15) is 0 Å². The fourth-order valence-electron chi connectivity index (χ4n) is 4.47. The molecule has 7 heteroatoms. The zero-order valence-electron chi connectivity index (χ0n) is 20.7. The Kier molecular flexibility index (Phi) is 8.31. The molecule has 34 heavy (non-hydrogen) atoms. The van der Waals surface area contributed by atoms with Crippen LogP contribution >= 0.6 is 0 Å². The van der Waals surface area contributed by atoms with Crippen molar-refractivity contribution in [3.05, 3.63) is 72.1 Å². The fraction of sp³-hybridized carbons (Fsp3) is 0.444. The predicted molar refractivity (Wildman–Crippen MR) is 139 cm³/mol. The van der Waals surface area contributed by atoms with Crippen LogP contribution in [0.15, 0.2) is 60.7 Å². The van der Waals surface area contributed by atoms with Gasteiger partial charge in [0.2, 0.25) is 0 Å². The first-order valence-electron chi connectivity index (χ1n) is 12.6. The van der Waals surface area contributed by atoms with Crippen molar-refractivity contribution in [2.45, 2.75) is 58.9 Å². The number of pyridine rings is 1. The molecular formula is C27H37N7. The summed E-state index contributed by atoms with van der Waals surface area (Å²) in [5.41, 5.74) is 4.34. The quantitative estimate of drug-likeness (QED) is 0.353. The molecule has 1 atom stereocenters. The van der Waals surface area contributed by atoms with Crippen molar-refractivity contribution in [2.24, 2.45) is 0 Å². The minimum Gasteiger partial charge on any atom is -0.375 e. The van der Waals surface area contributed by atoms with E-state index in [1.54, 1.807) is 0 Å². The third-order valence-electron chi connectivity index (χ3n) is 6.13. The summed E-state index contributed by atoms with van der Waals surface area (Å²) in [6.45, 7) is 10.1. The molecular weight excluding hydrogens is 422 g/mol. The molecule has 1 unspecified atom stereocenters. The summed E-state index contributed by atoms with van der Waals surface area (Å²) in [7, 11) is 0. The highest BCUT2D eigenvalue weighted by molar-refractivity contribution is 5.74. The Morgan fingerprint density at radius 3 is 2.76 bits per heavy atom. The molecule has 7 nitrogen and oxygen atoms in total. The van der Waals surface area contributed by atoms with Gasteiger partial charge in [-0.25, -0.2) is 9.50 Å². The first-order chi connectivity index (χ1) is 16.7. The second-order valence-electron chi connectivity index (χ2n) is 8.97. The Bertz CT molecular complexity index is 1120. The summed E-state index contributed by atoms with van der Waals surface area (Å²) in [5, 5.41) is 11.8. The minimum absolute atomic E-state index is 0.0524. The number of dihydropyridines is 1. The van der Waals surface area contributed by atoms with Crippen molar-refractivity contribution in [3.63, 3.8) is 0 Å². The molecule has 0 saturated carbocycles. The monoisotopic (exact) mass is 459 g/mol. The molecule has 0 radical (unpaired) electrons. The SMILES string of the molecule is CCCN(CCC)CCCCc1cnccc1Nc1nc(C2C=CC=C(C)N2)nn2cccc12. The van der Waals surface area contributed by atoms with E-state index in [1.807, 2.05) is 41.3 Å². The van der Waals surface area contributed by atoms with Crippen LogP contribution in [0, 0.1) is 0 Å². The molecule has 0 fully saturated rings. The van der Waals surface area contributed by atoms with Crippen LogP contribution in [-0.2, 0) is 6.42 Å². The molecule has 2 N–H and O–H groups in total. The number of aromatic nitrogens is 4. The van der Waals surface area contributed by atoms with Crippen LogP contribution in [-0.4, -0.2) is 44.1 Å². The summed E-state index contributed by atoms with van der Waals surface area (Å²) in [4.78, 5) is 11.9. The summed E-state index contributed by atoms with van der Waals surface area (Å²) < 4.78 is 1.89. The number of allylic oxidation sites excluding steroid dienone is 3. The Morgan fingerprint density at radius 1 is 1.12 bits per heavy atom. The lowest BCUT2D eigenvalue weighted by molar-refractivity contribution is 0.269. The normalized spacial score (nSPS) is 15.5. The average molecular weight is 460 g/mol. The minimum atomic E-state index is -0.0524. The Morgan fingerprint density at radius 2 is 1.97 bits per heavy atom. The van der Waals surface area contributed by atoms with Crippen molar-refractivity contribution in [1.29, 1.82) is 0 Å². The smallest absolute Gasteiger partial charge is 0.177 e. The van der Waals surface area contributed by atoms with Gasteiger partial charge < -0.3 is 15.5 Å². The van der Waals surface area contributed by atoms with Crippen LogP contribution < -0.4 is 10.6 Å². The highest BCUT2D eigenvalue weighted by Gasteiger charge is 2.17. The number of hydrogen-bond donors (Lipinski definition) is 2. The summed E-state index contributed by atoms with van der Waals surface area (Å²) in [6, 6.07) is 6.03. The van der Waals surface area contributed by atoms with Crippen LogP contribution in [0.5, 0.6) is 0 Å². The summed E-state index contributed by atoms with van der Waals surface area (Å²) in [5.74, 6) is 1.54. The molecule has 0 aliphatic carbocycles. The maximum absolute atomic E-state index is 4.92. The van der Waals surface area contributed by atoms with E-state index in [1.165, 1.54) is 44.5 Å². The highest BCUT2D eigenvalue weighted by atomic mass is 15.3. The molecule has 0 spiro atoms. The van der Waals surface area contributed by atoms with Gasteiger partial charge in [-0.1, -0.05) is 26.0 Å². The van der Waals surface area contributed by atoms with Gasteiger partial charge in [0.05, 0.1) is 0 Å². The van der Waals surface area contributed by atoms with Gasteiger partial charge in [-0.3, -0.25) is 4.98 Å². The van der Waals surface area contributed by atoms with Gasteiger partial charge in [-0.15, -0.1) is 0 Å². The Hall–Kier alpha value is -3.19. The van der Waals surface area contributed by atoms with E-state index in [2.05, 4.69) is 59.5 Å². The summed E-state index contributed by atoms with van der Waals surface area (Å²) in [6.07, 6.45) is 17.7. The number of rotatable bonds is 12. The number of fused-ring (bicyclic) bond motifs is 1. The second kappa shape index (κ2) is 11.8. The van der Waals surface area contributed by atoms with Crippen LogP contribution in [0.3, 0.4) is 0 Å². The van der Waals surface area contributed by atoms with Gasteiger partial charge in [-0.2, -0.15) is 5.10 Å². The van der Waals surface area contributed by atoms with Gasteiger partial charge >= 0.3 is 0 Å². The van der Waals surface area contributed by atoms with Gasteiger partial charge in [0.15, 0.2) is 11.6 Å². The van der Waals surface area contributed by atoms with Crippen molar-refractivity contribution in [2.75, 3.05) is 25.0 Å². The number of hydrogen-bond acceptors (Lipinski definition) is 6. The Labute approximate surface area is 203 Å². The summed E-state index contributed by atoms with van der Waals surface area (Å²) >= 11 is 0. The molecule has 0 bridgehead atoms. The number of anilines is 2. The molecule has 0 amide bonds. The molecule has 3 aromatic heterocycles. The van der Waals surface area contributed by atoms with Gasteiger partial charge in [0, 0.05) is 30.0 Å². The van der Waals surface area contributed by atoms with E-state index in [0.29, 0.717) is 0 Å². The van der Waals surface area contributed by atoms with Gasteiger partial charge in [0.1, 0.15) is 11.6 Å². The number of aryl methyl sites for hydroxylation is 1. The maximum atomic E-state index is 4.92. The molecule has 180 valence electrons. The second-order valence-corrected chi connectivity index (χ2v) is 8.97. The lowest BCUT2D eigenvalue weighted by atomic mass is 10.1. The molecule has 4 rings (SSSR count). The molecule has 4 heterocycles. The molecule has 1 aliphatic rings. The van der Waals surface area contributed by atoms with Crippen LogP contribution in [0.2, 0.25) is 0 Å². The maximum Gasteiger partial charge on any atom is 0.177 e. The lowest BCUT2D eigenvalue weighted by Gasteiger charge is -2.21. The number of nitrogens with zero attached hydrogens (tertiary/aromatic N) is 5. The van der Waals surface area contributed by atoms with Crippen molar-refractivity contribution < 1.29 is 0 Å². The van der Waals surface area contributed by atoms with Crippen LogP contribution in [0.25, 0.3) is 5.52 Å². The first kappa shape index (κ1) is 24.0. The first-order valence-corrected chi connectivity index (χ1v) is 12.6. The van der Waals surface area contributed by atoms with E-state index >= 15 is 0 Å². The topological polar surface area (TPSA) is 70.4 Å². The van der Waals surface area contributed by atoms with E-state index in [-0.39, 0.29) is 6.04 Å². The molecule has 3 aromatic rings. The van der Waals surface area contributed by atoms with Gasteiger partial charge in [0.25, 0.3) is 0 Å². The van der Waals surface area contributed by atoms with Crippen molar-refractivity contribution >= 4 is 17.0 Å². The zero-order chi connectivity index (χ0) is 23.8. The largest absolute Gasteiger partial charge is 0.375 e. The molecule has 0 aromatic carbocycles. The van der Waals surface area contributed by atoms with Crippen molar-refractivity contribution in [3.8, 4) is 0 Å². The number of nitrogens with one attached hydrogen (secondary N) is 2. The Balaban J connectivity index is 1.48. The predicted octanol–water partition coefficient (Wildman–Crippen LogP) is 5.42. The lowest BCUT2D eigenvalue weighted by Crippen LogP contribution is -2.26. The fourth-order valence-corrected chi connectivity index (χ4v) is 4.47. The van der Waals surface area contributed by atoms with E-state index in [0.717, 1.165) is 41.4 Å².